The SMILES string of the molecule is Cc1ccc(CNS(=O)(=O)c2c(C)c(C)cc3c(C)c(C(=O)N4CCCCC4)oc23)o1. The van der Waals surface area contributed by atoms with Crippen molar-refractivity contribution in [2.75, 3.05) is 13.1 Å². The number of aryl methyl sites for hydroxylation is 3. The summed E-state index contributed by atoms with van der Waals surface area (Å²) in [5.74, 6) is 1.29. The highest BCUT2D eigenvalue weighted by atomic mass is 32.2. The fourth-order valence-electron chi connectivity index (χ4n) is 4.13. The van der Waals surface area contributed by atoms with Crippen LogP contribution in [0.3, 0.4) is 0 Å². The summed E-state index contributed by atoms with van der Waals surface area (Å²) in [6.45, 7) is 8.66. The molecule has 1 fully saturated rings. The van der Waals surface area contributed by atoms with Gasteiger partial charge in [-0.3, -0.25) is 4.79 Å². The molecule has 4 rings (SSSR count). The second-order valence-corrected chi connectivity index (χ2v) is 9.97. The van der Waals surface area contributed by atoms with Gasteiger partial charge in [-0.25, -0.2) is 13.1 Å². The van der Waals surface area contributed by atoms with E-state index in [9.17, 15) is 13.2 Å². The van der Waals surface area contributed by atoms with E-state index >= 15 is 0 Å². The number of hydrogen-bond donors (Lipinski definition) is 1. The molecule has 166 valence electrons. The number of fused-ring (bicyclic) bond motifs is 1. The molecule has 0 aliphatic carbocycles. The first kappa shape index (κ1) is 21.6. The quantitative estimate of drug-likeness (QED) is 0.631. The molecule has 1 aromatic carbocycles. The molecule has 0 unspecified atom stereocenters. The van der Waals surface area contributed by atoms with Gasteiger partial charge in [-0.1, -0.05) is 0 Å². The highest BCUT2D eigenvalue weighted by Gasteiger charge is 2.30. The van der Waals surface area contributed by atoms with Crippen LogP contribution in [0, 0.1) is 27.7 Å². The largest absolute Gasteiger partial charge is 0.465 e. The molecule has 2 aromatic heterocycles. The molecule has 0 spiro atoms. The van der Waals surface area contributed by atoms with Crippen LogP contribution in [-0.2, 0) is 16.6 Å². The molecule has 3 heterocycles. The van der Waals surface area contributed by atoms with Gasteiger partial charge < -0.3 is 13.7 Å². The molecule has 3 aromatic rings. The molecule has 0 radical (unpaired) electrons. The minimum Gasteiger partial charge on any atom is -0.465 e. The zero-order chi connectivity index (χ0) is 22.3. The van der Waals surface area contributed by atoms with E-state index in [2.05, 4.69) is 4.72 Å². The lowest BCUT2D eigenvalue weighted by molar-refractivity contribution is 0.0693. The molecule has 8 heteroatoms. The monoisotopic (exact) mass is 444 g/mol. The first-order chi connectivity index (χ1) is 14.7. The van der Waals surface area contributed by atoms with E-state index in [1.807, 2.05) is 19.9 Å². The molecule has 1 N–H and O–H groups in total. The lowest BCUT2D eigenvalue weighted by Crippen LogP contribution is -2.35. The van der Waals surface area contributed by atoms with E-state index < -0.39 is 10.0 Å². The highest BCUT2D eigenvalue weighted by Crippen LogP contribution is 2.35. The number of benzene rings is 1. The standard InChI is InChI=1S/C23H28N2O5S/c1-14-12-19-17(4)20(23(26)25-10-6-5-7-11-25)30-21(19)22(16(14)3)31(27,28)24-13-18-9-8-15(2)29-18/h8-9,12,24H,5-7,10-11,13H2,1-4H3. The van der Waals surface area contributed by atoms with E-state index in [0.29, 0.717) is 41.1 Å². The molecule has 0 saturated carbocycles. The lowest BCUT2D eigenvalue weighted by atomic mass is 10.0. The van der Waals surface area contributed by atoms with Crippen molar-refractivity contribution in [2.45, 2.75) is 58.4 Å². The molecule has 1 aliphatic heterocycles. The van der Waals surface area contributed by atoms with Crippen LogP contribution in [0.15, 0.2) is 31.9 Å². The summed E-state index contributed by atoms with van der Waals surface area (Å²) in [5.41, 5.74) is 2.32. The van der Waals surface area contributed by atoms with Crippen LogP contribution in [0.2, 0.25) is 0 Å². The zero-order valence-corrected chi connectivity index (χ0v) is 19.2. The summed E-state index contributed by atoms with van der Waals surface area (Å²) in [7, 11) is -3.91. The predicted molar refractivity (Wildman–Crippen MR) is 118 cm³/mol. The Bertz CT molecular complexity index is 1250. The Labute approximate surface area is 182 Å². The van der Waals surface area contributed by atoms with E-state index in [0.717, 1.165) is 24.8 Å². The first-order valence-electron chi connectivity index (χ1n) is 10.6. The number of sulfonamides is 1. The van der Waals surface area contributed by atoms with Gasteiger partial charge in [-0.2, -0.15) is 0 Å². The maximum atomic E-state index is 13.3. The van der Waals surface area contributed by atoms with Crippen molar-refractivity contribution in [1.29, 1.82) is 0 Å². The number of rotatable bonds is 5. The second-order valence-electron chi connectivity index (χ2n) is 8.27. The number of carbonyl (C=O) groups excluding carboxylic acids is 1. The molecule has 0 atom stereocenters. The van der Waals surface area contributed by atoms with Crippen molar-refractivity contribution in [2.24, 2.45) is 0 Å². The van der Waals surface area contributed by atoms with E-state index in [1.54, 1.807) is 30.9 Å². The normalized spacial score (nSPS) is 15.0. The number of likely N-dealkylation sites (tertiary alicyclic amines) is 1. The molecular weight excluding hydrogens is 416 g/mol. The third-order valence-electron chi connectivity index (χ3n) is 6.03. The number of nitrogens with zero attached hydrogens (tertiary/aromatic N) is 1. The van der Waals surface area contributed by atoms with Crippen molar-refractivity contribution in [3.05, 3.63) is 52.2 Å². The molecule has 1 aliphatic rings. The van der Waals surface area contributed by atoms with Crippen molar-refractivity contribution in [3.8, 4) is 0 Å². The Morgan fingerprint density at radius 2 is 1.74 bits per heavy atom. The Kier molecular flexibility index (Phi) is 5.70. The highest BCUT2D eigenvalue weighted by molar-refractivity contribution is 7.89. The molecule has 0 bridgehead atoms. The van der Waals surface area contributed by atoms with Gasteiger partial charge in [0.1, 0.15) is 16.4 Å². The summed E-state index contributed by atoms with van der Waals surface area (Å²) in [6.07, 6.45) is 3.06. The van der Waals surface area contributed by atoms with Gasteiger partial charge >= 0.3 is 0 Å². The van der Waals surface area contributed by atoms with Gasteiger partial charge in [-0.15, -0.1) is 0 Å². The van der Waals surface area contributed by atoms with Crippen LogP contribution in [0.1, 0.15) is 58.0 Å². The minimum atomic E-state index is -3.91. The van der Waals surface area contributed by atoms with Crippen molar-refractivity contribution in [3.63, 3.8) is 0 Å². The second kappa shape index (κ2) is 8.16. The topological polar surface area (TPSA) is 92.8 Å². The summed E-state index contributed by atoms with van der Waals surface area (Å²) < 4.78 is 40.6. The lowest BCUT2D eigenvalue weighted by Gasteiger charge is -2.25. The Balaban J connectivity index is 1.77. The summed E-state index contributed by atoms with van der Waals surface area (Å²) in [6, 6.07) is 5.42. The predicted octanol–water partition coefficient (Wildman–Crippen LogP) is 4.36. The van der Waals surface area contributed by atoms with Gasteiger partial charge in [-0.05, 0) is 76.3 Å². The molecule has 7 nitrogen and oxygen atoms in total. The average Bonchev–Trinajstić information content (AvgIpc) is 3.30. The smallest absolute Gasteiger partial charge is 0.289 e. The third-order valence-corrected chi connectivity index (χ3v) is 7.58. The van der Waals surface area contributed by atoms with Crippen molar-refractivity contribution < 1.29 is 22.0 Å². The van der Waals surface area contributed by atoms with Crippen LogP contribution in [0.5, 0.6) is 0 Å². The van der Waals surface area contributed by atoms with Gasteiger partial charge in [0.2, 0.25) is 10.0 Å². The van der Waals surface area contributed by atoms with Crippen LogP contribution in [-0.4, -0.2) is 32.3 Å². The van der Waals surface area contributed by atoms with Crippen molar-refractivity contribution in [1.82, 2.24) is 9.62 Å². The van der Waals surface area contributed by atoms with Crippen LogP contribution in [0.25, 0.3) is 11.0 Å². The number of nitrogens with one attached hydrogen (secondary N) is 1. The third kappa shape index (κ3) is 4.02. The average molecular weight is 445 g/mol. The maximum Gasteiger partial charge on any atom is 0.289 e. The van der Waals surface area contributed by atoms with Crippen LogP contribution in [0.4, 0.5) is 0 Å². The molecular formula is C23H28N2O5S. The van der Waals surface area contributed by atoms with Crippen LogP contribution >= 0.6 is 0 Å². The van der Waals surface area contributed by atoms with Gasteiger partial charge in [0.05, 0.1) is 6.54 Å². The van der Waals surface area contributed by atoms with E-state index in [4.69, 9.17) is 8.83 Å². The van der Waals surface area contributed by atoms with Crippen molar-refractivity contribution >= 4 is 26.9 Å². The summed E-state index contributed by atoms with van der Waals surface area (Å²) in [5, 5.41) is 0.651. The van der Waals surface area contributed by atoms with E-state index in [-0.39, 0.29) is 28.7 Å². The van der Waals surface area contributed by atoms with Gasteiger partial charge in [0.15, 0.2) is 11.3 Å². The number of piperidine rings is 1. The fraction of sp³-hybridized carbons (Fsp3) is 0.435. The Hall–Kier alpha value is -2.58. The van der Waals surface area contributed by atoms with Gasteiger partial charge in [0, 0.05) is 24.0 Å². The Morgan fingerprint density at radius 1 is 1.03 bits per heavy atom. The number of furan rings is 2. The molecule has 1 saturated heterocycles. The summed E-state index contributed by atoms with van der Waals surface area (Å²) >= 11 is 0. The number of hydrogen-bond acceptors (Lipinski definition) is 5. The molecule has 31 heavy (non-hydrogen) atoms. The Morgan fingerprint density at radius 3 is 2.39 bits per heavy atom. The summed E-state index contributed by atoms with van der Waals surface area (Å²) in [4.78, 5) is 15.0. The molecule has 1 amide bonds. The first-order valence-corrected chi connectivity index (χ1v) is 12.0. The van der Waals surface area contributed by atoms with E-state index in [1.165, 1.54) is 0 Å². The number of carbonyl (C=O) groups is 1. The fourth-order valence-corrected chi connectivity index (χ4v) is 5.57. The van der Waals surface area contributed by atoms with Gasteiger partial charge in [0.25, 0.3) is 5.91 Å². The minimum absolute atomic E-state index is 0.0320. The zero-order valence-electron chi connectivity index (χ0n) is 18.4. The number of amides is 1. The maximum absolute atomic E-state index is 13.3. The van der Waals surface area contributed by atoms with Crippen LogP contribution < -0.4 is 4.72 Å².